The van der Waals surface area contributed by atoms with E-state index in [2.05, 4.69) is 43.0 Å². The molecular weight excluding hydrogens is 208 g/mol. The van der Waals surface area contributed by atoms with Crippen LogP contribution in [-0.2, 0) is 0 Å². The maximum atomic E-state index is 5.79. The molecule has 0 amide bonds. The van der Waals surface area contributed by atoms with Gasteiger partial charge in [-0.2, -0.15) is 0 Å². The summed E-state index contributed by atoms with van der Waals surface area (Å²) in [4.78, 5) is 2.32. The van der Waals surface area contributed by atoms with Gasteiger partial charge in [-0.1, -0.05) is 12.1 Å². The number of hydrogen-bond acceptors (Lipinski definition) is 2. The van der Waals surface area contributed by atoms with Crippen molar-refractivity contribution in [3.8, 4) is 0 Å². The summed E-state index contributed by atoms with van der Waals surface area (Å²) in [6, 6.07) is 8.63. The molecule has 0 aliphatic rings. The first-order valence-corrected chi connectivity index (χ1v) is 5.29. The molecule has 15 heavy (non-hydrogen) atoms. The third-order valence-electron chi connectivity index (χ3n) is 2.55. The highest BCUT2D eigenvalue weighted by Gasteiger charge is 2.02. The van der Waals surface area contributed by atoms with Crippen molar-refractivity contribution in [3.05, 3.63) is 29.8 Å². The van der Waals surface area contributed by atoms with E-state index in [4.69, 9.17) is 5.73 Å². The Hall–Kier alpha value is -0.730. The fraction of sp³-hybridized carbons (Fsp3) is 0.500. The molecule has 0 heterocycles. The lowest BCUT2D eigenvalue weighted by molar-refractivity contribution is 0.815. The van der Waals surface area contributed by atoms with Crippen LogP contribution in [0.2, 0.25) is 0 Å². The van der Waals surface area contributed by atoms with Crippen LogP contribution >= 0.6 is 12.4 Å². The lowest BCUT2D eigenvalue weighted by atomic mass is 10.1. The van der Waals surface area contributed by atoms with E-state index >= 15 is 0 Å². The molecule has 0 unspecified atom stereocenters. The summed E-state index contributed by atoms with van der Waals surface area (Å²) >= 11 is 0. The van der Waals surface area contributed by atoms with E-state index in [-0.39, 0.29) is 18.4 Å². The topological polar surface area (TPSA) is 29.3 Å². The fourth-order valence-corrected chi connectivity index (χ4v) is 1.58. The maximum absolute atomic E-state index is 5.79. The first-order valence-electron chi connectivity index (χ1n) is 5.29. The Bertz CT molecular complexity index is 265. The van der Waals surface area contributed by atoms with Crippen LogP contribution in [0.3, 0.4) is 0 Å². The van der Waals surface area contributed by atoms with Gasteiger partial charge in [-0.25, -0.2) is 0 Å². The Balaban J connectivity index is 0.00000196. The van der Waals surface area contributed by atoms with Gasteiger partial charge in [-0.15, -0.1) is 12.4 Å². The minimum absolute atomic E-state index is 0. The van der Waals surface area contributed by atoms with Crippen LogP contribution in [0, 0.1) is 0 Å². The highest BCUT2D eigenvalue weighted by molar-refractivity contribution is 5.85. The first kappa shape index (κ1) is 14.3. The van der Waals surface area contributed by atoms with Crippen LogP contribution in [-0.4, -0.2) is 13.1 Å². The van der Waals surface area contributed by atoms with Gasteiger partial charge in [0.1, 0.15) is 0 Å². The number of benzene rings is 1. The number of nitrogens with two attached hydrogens (primary N) is 1. The third-order valence-corrected chi connectivity index (χ3v) is 2.55. The molecule has 86 valence electrons. The van der Waals surface area contributed by atoms with E-state index in [1.165, 1.54) is 11.3 Å². The highest BCUT2D eigenvalue weighted by atomic mass is 35.5. The molecular formula is C12H21ClN2. The number of nitrogens with zero attached hydrogens (tertiary/aromatic N) is 1. The molecule has 1 rings (SSSR count). The van der Waals surface area contributed by atoms with E-state index in [0.717, 1.165) is 13.1 Å². The zero-order chi connectivity index (χ0) is 10.6. The minimum Gasteiger partial charge on any atom is -0.372 e. The van der Waals surface area contributed by atoms with Crippen molar-refractivity contribution in [3.63, 3.8) is 0 Å². The van der Waals surface area contributed by atoms with Gasteiger partial charge in [0.05, 0.1) is 0 Å². The van der Waals surface area contributed by atoms with E-state index in [9.17, 15) is 0 Å². The Morgan fingerprint density at radius 3 is 1.93 bits per heavy atom. The summed E-state index contributed by atoms with van der Waals surface area (Å²) in [6.07, 6.45) is 0. The summed E-state index contributed by atoms with van der Waals surface area (Å²) in [5, 5.41) is 0. The Morgan fingerprint density at radius 1 is 1.13 bits per heavy atom. The van der Waals surface area contributed by atoms with Crippen molar-refractivity contribution < 1.29 is 0 Å². The van der Waals surface area contributed by atoms with Gasteiger partial charge >= 0.3 is 0 Å². The van der Waals surface area contributed by atoms with Gasteiger partial charge in [0.15, 0.2) is 0 Å². The van der Waals surface area contributed by atoms with Gasteiger partial charge in [-0.05, 0) is 38.5 Å². The third kappa shape index (κ3) is 3.73. The van der Waals surface area contributed by atoms with E-state index < -0.39 is 0 Å². The molecule has 2 N–H and O–H groups in total. The average molecular weight is 229 g/mol. The lowest BCUT2D eigenvalue weighted by Crippen LogP contribution is -2.21. The molecule has 0 radical (unpaired) electrons. The molecule has 0 fully saturated rings. The molecule has 1 atom stereocenters. The average Bonchev–Trinajstić information content (AvgIpc) is 2.20. The molecule has 0 spiro atoms. The molecule has 2 nitrogen and oxygen atoms in total. The first-order chi connectivity index (χ1) is 6.69. The van der Waals surface area contributed by atoms with Crippen molar-refractivity contribution >= 4 is 18.1 Å². The van der Waals surface area contributed by atoms with E-state index in [1.807, 2.05) is 6.92 Å². The van der Waals surface area contributed by atoms with Crippen molar-refractivity contribution in [2.75, 3.05) is 18.0 Å². The van der Waals surface area contributed by atoms with Gasteiger partial charge < -0.3 is 10.6 Å². The molecule has 0 aromatic heterocycles. The summed E-state index contributed by atoms with van der Waals surface area (Å²) in [6.45, 7) is 8.44. The Morgan fingerprint density at radius 2 is 1.60 bits per heavy atom. The van der Waals surface area contributed by atoms with E-state index in [1.54, 1.807) is 0 Å². The van der Waals surface area contributed by atoms with Gasteiger partial charge in [0.2, 0.25) is 0 Å². The van der Waals surface area contributed by atoms with Crippen LogP contribution < -0.4 is 10.6 Å². The molecule has 0 aliphatic heterocycles. The summed E-state index contributed by atoms with van der Waals surface area (Å²) in [5.41, 5.74) is 8.26. The summed E-state index contributed by atoms with van der Waals surface area (Å²) in [7, 11) is 0. The van der Waals surface area contributed by atoms with Crippen LogP contribution in [0.25, 0.3) is 0 Å². The minimum atomic E-state index is 0. The molecule has 0 saturated heterocycles. The van der Waals surface area contributed by atoms with E-state index in [0.29, 0.717) is 0 Å². The number of halogens is 1. The molecule has 1 aromatic carbocycles. The van der Waals surface area contributed by atoms with Crippen LogP contribution in [0.4, 0.5) is 5.69 Å². The second-order valence-corrected chi connectivity index (χ2v) is 3.55. The zero-order valence-electron chi connectivity index (χ0n) is 9.73. The molecule has 0 bridgehead atoms. The fourth-order valence-electron chi connectivity index (χ4n) is 1.58. The van der Waals surface area contributed by atoms with Crippen LogP contribution in [0.15, 0.2) is 24.3 Å². The van der Waals surface area contributed by atoms with Crippen LogP contribution in [0.5, 0.6) is 0 Å². The lowest BCUT2D eigenvalue weighted by Gasteiger charge is -2.21. The smallest absolute Gasteiger partial charge is 0.0366 e. The number of rotatable bonds is 4. The SMILES string of the molecule is CCN(CC)c1ccc([C@@H](C)N)cc1.Cl. The standard InChI is InChI=1S/C12H20N2.ClH/c1-4-14(5-2)12-8-6-11(7-9-12)10(3)13;/h6-10H,4-5,13H2,1-3H3;1H/t10-;/m1./s1. The van der Waals surface area contributed by atoms with Crippen molar-refractivity contribution in [1.82, 2.24) is 0 Å². The van der Waals surface area contributed by atoms with Gasteiger partial charge in [0.25, 0.3) is 0 Å². The highest BCUT2D eigenvalue weighted by Crippen LogP contribution is 2.17. The normalized spacial score (nSPS) is 11.7. The molecule has 3 heteroatoms. The zero-order valence-corrected chi connectivity index (χ0v) is 10.6. The molecule has 0 aliphatic carbocycles. The number of anilines is 1. The van der Waals surface area contributed by atoms with Crippen molar-refractivity contribution in [2.24, 2.45) is 5.73 Å². The maximum Gasteiger partial charge on any atom is 0.0366 e. The second kappa shape index (κ2) is 6.70. The van der Waals surface area contributed by atoms with Crippen molar-refractivity contribution in [1.29, 1.82) is 0 Å². The number of hydrogen-bond donors (Lipinski definition) is 1. The Kier molecular flexibility index (Phi) is 6.37. The predicted octanol–water partition coefficient (Wildman–Crippen LogP) is 2.97. The van der Waals surface area contributed by atoms with Crippen molar-refractivity contribution in [2.45, 2.75) is 26.8 Å². The predicted molar refractivity (Wildman–Crippen MR) is 69.9 cm³/mol. The molecule has 0 saturated carbocycles. The molecule has 1 aromatic rings. The van der Waals surface area contributed by atoms with Gasteiger partial charge in [-0.3, -0.25) is 0 Å². The summed E-state index contributed by atoms with van der Waals surface area (Å²) < 4.78 is 0. The van der Waals surface area contributed by atoms with Gasteiger partial charge in [0, 0.05) is 24.8 Å². The quantitative estimate of drug-likeness (QED) is 0.859. The second-order valence-electron chi connectivity index (χ2n) is 3.55. The van der Waals surface area contributed by atoms with Crippen LogP contribution in [0.1, 0.15) is 32.4 Å². The monoisotopic (exact) mass is 228 g/mol. The largest absolute Gasteiger partial charge is 0.372 e. The Labute approximate surface area is 98.9 Å². The summed E-state index contributed by atoms with van der Waals surface area (Å²) in [5.74, 6) is 0.